The number of phenols is 1. The summed E-state index contributed by atoms with van der Waals surface area (Å²) in [7, 11) is 0. The molecule has 16 heavy (non-hydrogen) atoms. The first kappa shape index (κ1) is 11.9. The average Bonchev–Trinajstić information content (AvgIpc) is 2.63. The van der Waals surface area contributed by atoms with E-state index in [1.54, 1.807) is 23.1 Å². The van der Waals surface area contributed by atoms with Crippen molar-refractivity contribution >= 4 is 43.5 Å². The number of hydrogen-bond donors (Lipinski definition) is 1. The normalized spacial score (nSPS) is 20.5. The fraction of sp³-hybridized carbons (Fsp3) is 0.364. The van der Waals surface area contributed by atoms with Crippen LogP contribution in [-0.4, -0.2) is 22.9 Å². The molecule has 1 aromatic carbocycles. The van der Waals surface area contributed by atoms with Gasteiger partial charge in [0.15, 0.2) is 0 Å². The van der Waals surface area contributed by atoms with E-state index in [9.17, 15) is 9.90 Å². The third-order valence-electron chi connectivity index (χ3n) is 2.65. The summed E-state index contributed by atoms with van der Waals surface area (Å²) in [6.07, 6.45) is 0.539. The van der Waals surface area contributed by atoms with E-state index >= 15 is 0 Å². The highest BCUT2D eigenvalue weighted by Gasteiger charge is 2.31. The van der Waals surface area contributed by atoms with Gasteiger partial charge in [-0.1, -0.05) is 31.9 Å². The van der Waals surface area contributed by atoms with Crippen LogP contribution in [0, 0.1) is 5.92 Å². The lowest BCUT2D eigenvalue weighted by molar-refractivity contribution is -0.117. The average molecular weight is 349 g/mol. The molecule has 2 rings (SSSR count). The zero-order valence-corrected chi connectivity index (χ0v) is 11.7. The van der Waals surface area contributed by atoms with Gasteiger partial charge in [0.2, 0.25) is 5.91 Å². The van der Waals surface area contributed by atoms with Crippen LogP contribution in [0.5, 0.6) is 5.75 Å². The number of amides is 1. The van der Waals surface area contributed by atoms with Gasteiger partial charge in [-0.05, 0) is 24.1 Å². The lowest BCUT2D eigenvalue weighted by Gasteiger charge is -2.18. The first-order valence-corrected chi connectivity index (χ1v) is 6.88. The summed E-state index contributed by atoms with van der Waals surface area (Å²) in [6.45, 7) is 0.661. The Balaban J connectivity index is 2.30. The molecule has 1 fully saturated rings. The van der Waals surface area contributed by atoms with Crippen LogP contribution < -0.4 is 4.90 Å². The molecular weight excluding hydrogens is 338 g/mol. The summed E-state index contributed by atoms with van der Waals surface area (Å²) in [5.74, 6) is 0.538. The van der Waals surface area contributed by atoms with E-state index in [1.165, 1.54) is 0 Å². The number of rotatable bonds is 2. The molecule has 86 valence electrons. The fourth-order valence-electron chi connectivity index (χ4n) is 1.83. The van der Waals surface area contributed by atoms with Crippen molar-refractivity contribution in [2.24, 2.45) is 5.92 Å². The molecule has 1 aliphatic heterocycles. The predicted octanol–water partition coefficient (Wildman–Crippen LogP) is 2.90. The van der Waals surface area contributed by atoms with Crippen LogP contribution in [0.1, 0.15) is 6.42 Å². The predicted molar refractivity (Wildman–Crippen MR) is 70.1 cm³/mol. The fourth-order valence-corrected chi connectivity index (χ4v) is 2.61. The third-order valence-corrected chi connectivity index (χ3v) is 4.06. The van der Waals surface area contributed by atoms with Gasteiger partial charge in [0.1, 0.15) is 5.75 Å². The van der Waals surface area contributed by atoms with Crippen LogP contribution in [0.2, 0.25) is 0 Å². The minimum absolute atomic E-state index is 0.0675. The molecule has 1 unspecified atom stereocenters. The Morgan fingerprint density at radius 1 is 1.50 bits per heavy atom. The molecule has 1 aliphatic rings. The molecule has 5 heteroatoms. The number of anilines is 1. The van der Waals surface area contributed by atoms with Crippen LogP contribution in [0.4, 0.5) is 5.69 Å². The number of halogens is 2. The zero-order valence-electron chi connectivity index (χ0n) is 8.49. The summed E-state index contributed by atoms with van der Waals surface area (Å²) in [5.41, 5.74) is 0.586. The number of benzene rings is 1. The van der Waals surface area contributed by atoms with Gasteiger partial charge in [-0.15, -0.1) is 0 Å². The van der Waals surface area contributed by atoms with E-state index in [2.05, 4.69) is 31.9 Å². The molecule has 1 heterocycles. The van der Waals surface area contributed by atoms with Crippen LogP contribution >= 0.6 is 31.9 Å². The highest BCUT2D eigenvalue weighted by atomic mass is 79.9. The molecule has 0 radical (unpaired) electrons. The highest BCUT2D eigenvalue weighted by molar-refractivity contribution is 9.10. The minimum atomic E-state index is 0.0675. The van der Waals surface area contributed by atoms with Crippen molar-refractivity contribution in [3.8, 4) is 5.75 Å². The molecule has 1 amide bonds. The monoisotopic (exact) mass is 347 g/mol. The van der Waals surface area contributed by atoms with Gasteiger partial charge in [0, 0.05) is 22.8 Å². The highest BCUT2D eigenvalue weighted by Crippen LogP contribution is 2.34. The largest absolute Gasteiger partial charge is 0.506 e. The number of hydrogen-bond acceptors (Lipinski definition) is 2. The van der Waals surface area contributed by atoms with E-state index in [1.807, 2.05) is 0 Å². The van der Waals surface area contributed by atoms with Crippen LogP contribution in [0.15, 0.2) is 22.7 Å². The quantitative estimate of drug-likeness (QED) is 0.835. The van der Waals surface area contributed by atoms with Crippen molar-refractivity contribution in [3.05, 3.63) is 22.7 Å². The summed E-state index contributed by atoms with van der Waals surface area (Å²) in [6, 6.07) is 5.11. The number of carbonyl (C=O) groups is 1. The number of nitrogens with zero attached hydrogens (tertiary/aromatic N) is 1. The molecule has 0 aromatic heterocycles. The second-order valence-electron chi connectivity index (χ2n) is 3.86. The Bertz CT molecular complexity index is 422. The molecule has 1 atom stereocenters. The lowest BCUT2D eigenvalue weighted by atomic mass is 10.2. The molecule has 1 N–H and O–H groups in total. The molecule has 0 saturated carbocycles. The zero-order chi connectivity index (χ0) is 11.7. The van der Waals surface area contributed by atoms with Gasteiger partial charge in [0.05, 0.1) is 5.69 Å². The number of aromatic hydroxyl groups is 1. The number of carbonyl (C=O) groups excluding carboxylic acids is 1. The molecule has 0 aliphatic carbocycles. The van der Waals surface area contributed by atoms with Gasteiger partial charge < -0.3 is 10.0 Å². The standard InChI is InChI=1S/C11H11Br2NO2/c12-5-7-3-11(16)14(6-7)9-4-8(13)1-2-10(9)15/h1-2,4,7,15H,3,5-6H2. The van der Waals surface area contributed by atoms with E-state index in [0.717, 1.165) is 9.80 Å². The van der Waals surface area contributed by atoms with Crippen LogP contribution in [-0.2, 0) is 4.79 Å². The Labute approximate surface area is 111 Å². The Morgan fingerprint density at radius 3 is 2.88 bits per heavy atom. The van der Waals surface area contributed by atoms with Gasteiger partial charge in [-0.3, -0.25) is 4.79 Å². The van der Waals surface area contributed by atoms with Crippen LogP contribution in [0.3, 0.4) is 0 Å². The van der Waals surface area contributed by atoms with Crippen LogP contribution in [0.25, 0.3) is 0 Å². The van der Waals surface area contributed by atoms with Crippen molar-refractivity contribution < 1.29 is 9.90 Å². The topological polar surface area (TPSA) is 40.5 Å². The maximum atomic E-state index is 11.8. The maximum absolute atomic E-state index is 11.8. The first-order valence-electron chi connectivity index (χ1n) is 4.96. The molecule has 3 nitrogen and oxygen atoms in total. The van der Waals surface area contributed by atoms with E-state index in [-0.39, 0.29) is 11.7 Å². The lowest BCUT2D eigenvalue weighted by Crippen LogP contribution is -2.24. The van der Waals surface area contributed by atoms with E-state index < -0.39 is 0 Å². The summed E-state index contributed by atoms with van der Waals surface area (Å²) in [4.78, 5) is 13.4. The van der Waals surface area contributed by atoms with E-state index in [4.69, 9.17) is 0 Å². The molecule has 0 spiro atoms. The molecular formula is C11H11Br2NO2. The Kier molecular flexibility index (Phi) is 3.54. The van der Waals surface area contributed by atoms with Crippen molar-refractivity contribution in [2.45, 2.75) is 6.42 Å². The van der Waals surface area contributed by atoms with E-state index in [0.29, 0.717) is 24.6 Å². The van der Waals surface area contributed by atoms with Crippen molar-refractivity contribution in [1.29, 1.82) is 0 Å². The second-order valence-corrected chi connectivity index (χ2v) is 5.42. The SMILES string of the molecule is O=C1CC(CBr)CN1c1cc(Br)ccc1O. The molecule has 0 bridgehead atoms. The first-order chi connectivity index (χ1) is 7.61. The minimum Gasteiger partial charge on any atom is -0.506 e. The summed E-state index contributed by atoms with van der Waals surface area (Å²) < 4.78 is 0.857. The third kappa shape index (κ3) is 2.25. The maximum Gasteiger partial charge on any atom is 0.227 e. The van der Waals surface area contributed by atoms with Gasteiger partial charge in [-0.2, -0.15) is 0 Å². The van der Waals surface area contributed by atoms with Crippen molar-refractivity contribution in [2.75, 3.05) is 16.8 Å². The van der Waals surface area contributed by atoms with Gasteiger partial charge in [-0.25, -0.2) is 0 Å². The van der Waals surface area contributed by atoms with Gasteiger partial charge in [0.25, 0.3) is 0 Å². The number of alkyl halides is 1. The Hall–Kier alpha value is -0.550. The number of phenolic OH excluding ortho intramolecular Hbond substituents is 1. The Morgan fingerprint density at radius 2 is 2.25 bits per heavy atom. The molecule has 1 aromatic rings. The van der Waals surface area contributed by atoms with Crippen molar-refractivity contribution in [3.63, 3.8) is 0 Å². The smallest absolute Gasteiger partial charge is 0.227 e. The second kappa shape index (κ2) is 4.75. The van der Waals surface area contributed by atoms with Crippen molar-refractivity contribution in [1.82, 2.24) is 0 Å². The summed E-state index contributed by atoms with van der Waals surface area (Å²) in [5, 5.41) is 10.6. The summed E-state index contributed by atoms with van der Waals surface area (Å²) >= 11 is 6.72. The van der Waals surface area contributed by atoms with Gasteiger partial charge >= 0.3 is 0 Å². The molecule has 1 saturated heterocycles.